The number of primary amides is 1. The number of nitrogens with two attached hydrogens (primary N) is 1. The number of benzene rings is 1. The third-order valence-corrected chi connectivity index (χ3v) is 1.74. The molecule has 0 saturated carbocycles. The van der Waals surface area contributed by atoms with Gasteiger partial charge in [0, 0.05) is 12.2 Å². The van der Waals surface area contributed by atoms with Crippen molar-refractivity contribution in [1.29, 1.82) is 5.26 Å². The summed E-state index contributed by atoms with van der Waals surface area (Å²) in [7, 11) is 0. The number of carbonyl (C=O) groups is 1. The Labute approximate surface area is 82.3 Å². The van der Waals surface area contributed by atoms with Gasteiger partial charge in [-0.1, -0.05) is 12.1 Å². The molecule has 72 valence electrons. The Hall–Kier alpha value is -2.02. The lowest BCUT2D eigenvalue weighted by Gasteiger charge is -2.07. The van der Waals surface area contributed by atoms with E-state index >= 15 is 0 Å². The maximum atomic E-state index is 11.0. The van der Waals surface area contributed by atoms with Gasteiger partial charge in [0.1, 0.15) is 0 Å². The molecule has 4 heteroatoms. The van der Waals surface area contributed by atoms with Gasteiger partial charge in [-0.15, -0.1) is 0 Å². The van der Waals surface area contributed by atoms with Crippen molar-refractivity contribution >= 4 is 11.6 Å². The summed E-state index contributed by atoms with van der Waals surface area (Å²) in [5.41, 5.74) is 6.30. The van der Waals surface area contributed by atoms with Crippen molar-refractivity contribution in [3.8, 4) is 6.07 Å². The topological polar surface area (TPSA) is 78.9 Å². The van der Waals surface area contributed by atoms with Crippen molar-refractivity contribution in [2.24, 2.45) is 5.73 Å². The third kappa shape index (κ3) is 2.49. The Bertz CT molecular complexity index is 368. The number of nitrogens with one attached hydrogen (secondary N) is 1. The van der Waals surface area contributed by atoms with Gasteiger partial charge < -0.3 is 11.1 Å². The first-order valence-corrected chi connectivity index (χ1v) is 4.25. The molecule has 3 N–H and O–H groups in total. The Morgan fingerprint density at radius 3 is 2.86 bits per heavy atom. The van der Waals surface area contributed by atoms with E-state index in [1.165, 1.54) is 0 Å². The van der Waals surface area contributed by atoms with Crippen LogP contribution >= 0.6 is 0 Å². The van der Waals surface area contributed by atoms with E-state index in [1.807, 2.05) is 6.07 Å². The molecular weight excluding hydrogens is 178 g/mol. The lowest BCUT2D eigenvalue weighted by atomic mass is 10.1. The molecule has 0 spiro atoms. The zero-order valence-electron chi connectivity index (χ0n) is 7.66. The molecule has 0 bridgehead atoms. The van der Waals surface area contributed by atoms with Crippen LogP contribution in [0.1, 0.15) is 16.8 Å². The molecule has 0 unspecified atom stereocenters. The highest BCUT2D eigenvalue weighted by Gasteiger charge is 2.05. The molecule has 0 aliphatic carbocycles. The van der Waals surface area contributed by atoms with Gasteiger partial charge in [-0.2, -0.15) is 5.26 Å². The largest absolute Gasteiger partial charge is 0.383 e. The minimum absolute atomic E-state index is 0.396. The van der Waals surface area contributed by atoms with E-state index in [-0.39, 0.29) is 0 Å². The quantitative estimate of drug-likeness (QED) is 0.696. The average Bonchev–Trinajstić information content (AvgIpc) is 2.19. The summed E-state index contributed by atoms with van der Waals surface area (Å²) in [5, 5.41) is 11.3. The zero-order valence-corrected chi connectivity index (χ0v) is 7.66. The van der Waals surface area contributed by atoms with Gasteiger partial charge in [0.15, 0.2) is 0 Å². The number of para-hydroxylation sites is 1. The molecule has 4 nitrogen and oxygen atoms in total. The van der Waals surface area contributed by atoms with Gasteiger partial charge in [0.05, 0.1) is 18.1 Å². The number of hydrogen-bond acceptors (Lipinski definition) is 3. The van der Waals surface area contributed by atoms with Gasteiger partial charge in [-0.05, 0) is 12.1 Å². The van der Waals surface area contributed by atoms with Crippen LogP contribution in [0.2, 0.25) is 0 Å². The summed E-state index contributed by atoms with van der Waals surface area (Å²) in [6, 6.07) is 8.97. The molecule has 1 aromatic rings. The predicted molar refractivity (Wildman–Crippen MR) is 53.7 cm³/mol. The lowest BCUT2D eigenvalue weighted by Crippen LogP contribution is -2.14. The molecule has 0 aliphatic rings. The summed E-state index contributed by atoms with van der Waals surface area (Å²) >= 11 is 0. The third-order valence-electron chi connectivity index (χ3n) is 1.74. The molecule has 1 rings (SSSR count). The molecule has 0 aliphatic heterocycles. The van der Waals surface area contributed by atoms with Crippen molar-refractivity contribution in [1.82, 2.24) is 0 Å². The number of nitrogens with zero attached hydrogens (tertiary/aromatic N) is 1. The van der Waals surface area contributed by atoms with Crippen LogP contribution in [-0.4, -0.2) is 12.5 Å². The van der Waals surface area contributed by atoms with Crippen LogP contribution in [0.3, 0.4) is 0 Å². The van der Waals surface area contributed by atoms with E-state index in [1.54, 1.807) is 24.3 Å². The highest BCUT2D eigenvalue weighted by Crippen LogP contribution is 2.13. The predicted octanol–water partition coefficient (Wildman–Crippen LogP) is 1.11. The van der Waals surface area contributed by atoms with Crippen LogP contribution in [0.25, 0.3) is 0 Å². The summed E-state index contributed by atoms with van der Waals surface area (Å²) < 4.78 is 0. The molecule has 0 aromatic heterocycles. The number of nitriles is 1. The van der Waals surface area contributed by atoms with Crippen LogP contribution in [0.4, 0.5) is 5.69 Å². The van der Waals surface area contributed by atoms with E-state index in [2.05, 4.69) is 5.32 Å². The van der Waals surface area contributed by atoms with Crippen molar-refractivity contribution in [2.45, 2.75) is 6.42 Å². The second-order valence-corrected chi connectivity index (χ2v) is 2.74. The smallest absolute Gasteiger partial charge is 0.250 e. The van der Waals surface area contributed by atoms with Crippen LogP contribution in [0, 0.1) is 11.3 Å². The van der Waals surface area contributed by atoms with E-state index in [0.29, 0.717) is 24.2 Å². The van der Waals surface area contributed by atoms with Crippen molar-refractivity contribution in [2.75, 3.05) is 11.9 Å². The van der Waals surface area contributed by atoms with E-state index in [9.17, 15) is 4.79 Å². The SMILES string of the molecule is N#CCCNc1ccccc1C(N)=O. The van der Waals surface area contributed by atoms with E-state index in [4.69, 9.17) is 11.0 Å². The minimum Gasteiger partial charge on any atom is -0.383 e. The lowest BCUT2D eigenvalue weighted by molar-refractivity contribution is 0.100. The first-order chi connectivity index (χ1) is 6.75. The van der Waals surface area contributed by atoms with Crippen LogP contribution in [0.5, 0.6) is 0 Å². The van der Waals surface area contributed by atoms with Crippen LogP contribution in [-0.2, 0) is 0 Å². The first kappa shape index (κ1) is 10.1. The molecular formula is C10H11N3O. The molecule has 0 atom stereocenters. The van der Waals surface area contributed by atoms with Crippen LogP contribution < -0.4 is 11.1 Å². The molecule has 0 fully saturated rings. The minimum atomic E-state index is -0.468. The fourth-order valence-electron chi connectivity index (χ4n) is 1.11. The Morgan fingerprint density at radius 1 is 1.50 bits per heavy atom. The van der Waals surface area contributed by atoms with Crippen molar-refractivity contribution < 1.29 is 4.79 Å². The second kappa shape index (κ2) is 4.87. The highest BCUT2D eigenvalue weighted by atomic mass is 16.1. The number of rotatable bonds is 4. The molecule has 0 saturated heterocycles. The monoisotopic (exact) mass is 189 g/mol. The van der Waals surface area contributed by atoms with Gasteiger partial charge in [-0.3, -0.25) is 4.79 Å². The van der Waals surface area contributed by atoms with Crippen molar-refractivity contribution in [3.05, 3.63) is 29.8 Å². The van der Waals surface area contributed by atoms with Gasteiger partial charge in [-0.25, -0.2) is 0 Å². The number of hydrogen-bond donors (Lipinski definition) is 2. The maximum absolute atomic E-state index is 11.0. The second-order valence-electron chi connectivity index (χ2n) is 2.74. The Morgan fingerprint density at radius 2 is 2.21 bits per heavy atom. The summed E-state index contributed by atoms with van der Waals surface area (Å²) in [4.78, 5) is 11.0. The molecule has 0 radical (unpaired) electrons. The average molecular weight is 189 g/mol. The molecule has 0 heterocycles. The summed E-state index contributed by atoms with van der Waals surface area (Å²) in [6.45, 7) is 0.515. The highest BCUT2D eigenvalue weighted by molar-refractivity contribution is 5.98. The van der Waals surface area contributed by atoms with Crippen LogP contribution in [0.15, 0.2) is 24.3 Å². The molecule has 1 amide bonds. The summed E-state index contributed by atoms with van der Waals surface area (Å²) in [6.07, 6.45) is 0.396. The zero-order chi connectivity index (χ0) is 10.4. The fourth-order valence-corrected chi connectivity index (χ4v) is 1.11. The standard InChI is InChI=1S/C10H11N3O/c11-6-3-7-13-9-5-2-1-4-8(9)10(12)14/h1-2,4-5,13H,3,7H2,(H2,12,14). The summed E-state index contributed by atoms with van der Waals surface area (Å²) in [5.74, 6) is -0.468. The number of amides is 1. The number of anilines is 1. The number of carbonyl (C=O) groups excluding carboxylic acids is 1. The molecule has 1 aromatic carbocycles. The normalized spacial score (nSPS) is 9.07. The van der Waals surface area contributed by atoms with E-state index in [0.717, 1.165) is 0 Å². The van der Waals surface area contributed by atoms with Gasteiger partial charge in [0.2, 0.25) is 0 Å². The molecule has 14 heavy (non-hydrogen) atoms. The van der Waals surface area contributed by atoms with Crippen molar-refractivity contribution in [3.63, 3.8) is 0 Å². The fraction of sp³-hybridized carbons (Fsp3) is 0.200. The van der Waals surface area contributed by atoms with E-state index < -0.39 is 5.91 Å². The maximum Gasteiger partial charge on any atom is 0.250 e. The van der Waals surface area contributed by atoms with Gasteiger partial charge in [0.25, 0.3) is 5.91 Å². The van der Waals surface area contributed by atoms with Gasteiger partial charge >= 0.3 is 0 Å². The Kier molecular flexibility index (Phi) is 3.50. The Balaban J connectivity index is 2.75. The first-order valence-electron chi connectivity index (χ1n) is 4.25.